The fraction of sp³-hybridized carbons (Fsp3) is 0.385. The number of carbonyl (C=O) groups excluding carboxylic acids is 2. The lowest BCUT2D eigenvalue weighted by atomic mass is 9.91. The maximum Gasteiger partial charge on any atom is 0.410 e. The summed E-state index contributed by atoms with van der Waals surface area (Å²) >= 11 is 1.48. The summed E-state index contributed by atoms with van der Waals surface area (Å²) in [5.74, 6) is -0.0619. The van der Waals surface area contributed by atoms with E-state index in [0.717, 1.165) is 21.7 Å². The summed E-state index contributed by atoms with van der Waals surface area (Å²) in [6.07, 6.45) is 3.10. The average molecular weight is 479 g/mol. The first-order valence-corrected chi connectivity index (χ1v) is 12.1. The second kappa shape index (κ2) is 9.18. The molecule has 7 nitrogen and oxygen atoms in total. The van der Waals surface area contributed by atoms with E-state index in [9.17, 15) is 9.59 Å². The molecule has 1 aliphatic rings. The molecule has 0 atom stereocenters. The van der Waals surface area contributed by atoms with Crippen LogP contribution in [0.5, 0.6) is 0 Å². The highest BCUT2D eigenvalue weighted by atomic mass is 32.1. The lowest BCUT2D eigenvalue weighted by Crippen LogP contribution is -2.44. The average Bonchev–Trinajstić information content (AvgIpc) is 3.18. The van der Waals surface area contributed by atoms with Crippen molar-refractivity contribution in [2.75, 3.05) is 24.5 Å². The zero-order valence-electron chi connectivity index (χ0n) is 20.2. The van der Waals surface area contributed by atoms with E-state index in [0.29, 0.717) is 18.2 Å². The monoisotopic (exact) mass is 478 g/mol. The molecule has 1 saturated heterocycles. The molecule has 1 fully saturated rings. The van der Waals surface area contributed by atoms with Gasteiger partial charge in [0.25, 0.3) is 0 Å². The van der Waals surface area contributed by atoms with Crippen molar-refractivity contribution < 1.29 is 14.3 Å². The Balaban J connectivity index is 1.72. The van der Waals surface area contributed by atoms with Gasteiger partial charge in [0.05, 0.1) is 16.0 Å². The van der Waals surface area contributed by atoms with Crippen LogP contribution in [-0.2, 0) is 9.53 Å². The standard InChI is InChI=1S/C26H30N4O3S/c1-25(2,3)33-24(32)29-15-16-30(22(31)26(4,5)17-29)23-28-20(18-9-7-6-8-10-18)21(34-23)19-11-13-27-14-12-19/h6-14H,15-17H2,1-5H3. The minimum Gasteiger partial charge on any atom is -0.444 e. The van der Waals surface area contributed by atoms with Gasteiger partial charge in [-0.1, -0.05) is 41.7 Å². The van der Waals surface area contributed by atoms with Crippen molar-refractivity contribution in [2.24, 2.45) is 5.41 Å². The first-order chi connectivity index (χ1) is 16.0. The summed E-state index contributed by atoms with van der Waals surface area (Å²) in [5.41, 5.74) is 1.41. The zero-order chi connectivity index (χ0) is 24.5. The summed E-state index contributed by atoms with van der Waals surface area (Å²) in [6, 6.07) is 13.8. The van der Waals surface area contributed by atoms with Crippen molar-refractivity contribution in [2.45, 2.75) is 40.2 Å². The Bertz CT molecular complexity index is 1110. The summed E-state index contributed by atoms with van der Waals surface area (Å²) in [7, 11) is 0. The topological polar surface area (TPSA) is 75.6 Å². The van der Waals surface area contributed by atoms with Gasteiger partial charge < -0.3 is 9.64 Å². The van der Waals surface area contributed by atoms with Crippen LogP contribution in [0, 0.1) is 5.41 Å². The molecule has 178 valence electrons. The van der Waals surface area contributed by atoms with E-state index in [4.69, 9.17) is 9.72 Å². The quantitative estimate of drug-likeness (QED) is 0.498. The number of benzene rings is 1. The lowest BCUT2D eigenvalue weighted by molar-refractivity contribution is -0.126. The number of rotatable bonds is 3. The summed E-state index contributed by atoms with van der Waals surface area (Å²) < 4.78 is 5.58. The van der Waals surface area contributed by atoms with E-state index in [1.807, 2.05) is 77.1 Å². The molecule has 3 aromatic rings. The Morgan fingerprint density at radius 3 is 2.35 bits per heavy atom. The summed E-state index contributed by atoms with van der Waals surface area (Å²) in [4.78, 5) is 39.8. The molecule has 0 N–H and O–H groups in total. The number of pyridine rings is 1. The molecule has 2 aromatic heterocycles. The molecule has 3 heterocycles. The van der Waals surface area contributed by atoms with Crippen LogP contribution in [0.4, 0.5) is 9.93 Å². The molecule has 1 aliphatic heterocycles. The number of anilines is 1. The third-order valence-corrected chi connectivity index (χ3v) is 6.62. The molecule has 2 amide bonds. The summed E-state index contributed by atoms with van der Waals surface area (Å²) in [5, 5.41) is 0.620. The van der Waals surface area contributed by atoms with Crippen molar-refractivity contribution in [1.82, 2.24) is 14.9 Å². The van der Waals surface area contributed by atoms with E-state index in [1.54, 1.807) is 22.2 Å². The number of hydrogen-bond donors (Lipinski definition) is 0. The van der Waals surface area contributed by atoms with Crippen LogP contribution in [0.15, 0.2) is 54.9 Å². The largest absolute Gasteiger partial charge is 0.444 e. The fourth-order valence-electron chi connectivity index (χ4n) is 3.89. The number of carbonyl (C=O) groups is 2. The molecular formula is C26H30N4O3S. The Morgan fingerprint density at radius 1 is 1.03 bits per heavy atom. The Hall–Kier alpha value is -3.26. The van der Waals surface area contributed by atoms with Crippen molar-refractivity contribution >= 4 is 28.5 Å². The number of hydrogen-bond acceptors (Lipinski definition) is 6. The minimum atomic E-state index is -0.789. The first kappa shape index (κ1) is 23.9. The fourth-order valence-corrected chi connectivity index (χ4v) is 5.01. The second-order valence-corrected chi connectivity index (χ2v) is 11.0. The highest BCUT2D eigenvalue weighted by Gasteiger charge is 2.41. The van der Waals surface area contributed by atoms with Crippen LogP contribution >= 0.6 is 11.3 Å². The lowest BCUT2D eigenvalue weighted by Gasteiger charge is -2.30. The van der Waals surface area contributed by atoms with E-state index in [2.05, 4.69) is 4.98 Å². The highest BCUT2D eigenvalue weighted by Crippen LogP contribution is 2.41. The van der Waals surface area contributed by atoms with Gasteiger partial charge in [-0.05, 0) is 52.3 Å². The normalized spacial score (nSPS) is 16.3. The van der Waals surface area contributed by atoms with Gasteiger partial charge in [-0.25, -0.2) is 9.78 Å². The van der Waals surface area contributed by atoms with Gasteiger partial charge in [0.1, 0.15) is 5.60 Å². The van der Waals surface area contributed by atoms with Crippen LogP contribution in [0.2, 0.25) is 0 Å². The van der Waals surface area contributed by atoms with Gasteiger partial charge >= 0.3 is 6.09 Å². The van der Waals surface area contributed by atoms with Gasteiger partial charge in [0.15, 0.2) is 5.13 Å². The highest BCUT2D eigenvalue weighted by molar-refractivity contribution is 7.19. The second-order valence-electron chi connectivity index (χ2n) is 10.0. The Kier molecular flexibility index (Phi) is 6.45. The van der Waals surface area contributed by atoms with E-state index in [-0.39, 0.29) is 12.5 Å². The Morgan fingerprint density at radius 2 is 1.71 bits per heavy atom. The van der Waals surface area contributed by atoms with E-state index < -0.39 is 17.1 Å². The van der Waals surface area contributed by atoms with Gasteiger partial charge in [-0.15, -0.1) is 0 Å². The maximum atomic E-state index is 13.6. The van der Waals surface area contributed by atoms with Crippen LogP contribution in [-0.4, -0.2) is 52.1 Å². The molecule has 0 unspecified atom stereocenters. The molecule has 8 heteroatoms. The number of thiazole rings is 1. The molecule has 0 saturated carbocycles. The van der Waals surface area contributed by atoms with Gasteiger partial charge in [-0.2, -0.15) is 0 Å². The molecular weight excluding hydrogens is 448 g/mol. The predicted octanol–water partition coefficient (Wildman–Crippen LogP) is 5.48. The number of nitrogens with zero attached hydrogens (tertiary/aromatic N) is 4. The molecule has 1 aromatic carbocycles. The van der Waals surface area contributed by atoms with Crippen LogP contribution in [0.3, 0.4) is 0 Å². The van der Waals surface area contributed by atoms with Gasteiger partial charge in [-0.3, -0.25) is 14.7 Å². The zero-order valence-corrected chi connectivity index (χ0v) is 21.1. The summed E-state index contributed by atoms with van der Waals surface area (Å²) in [6.45, 7) is 10.2. The number of aromatic nitrogens is 2. The smallest absolute Gasteiger partial charge is 0.410 e. The van der Waals surface area contributed by atoms with Crippen molar-refractivity contribution in [3.63, 3.8) is 0 Å². The van der Waals surface area contributed by atoms with Crippen LogP contribution in [0.1, 0.15) is 34.6 Å². The third-order valence-electron chi connectivity index (χ3n) is 5.49. The molecule has 34 heavy (non-hydrogen) atoms. The molecule has 4 rings (SSSR count). The first-order valence-electron chi connectivity index (χ1n) is 11.3. The van der Waals surface area contributed by atoms with Crippen molar-refractivity contribution in [3.8, 4) is 21.7 Å². The number of amides is 2. The molecule has 0 aliphatic carbocycles. The Labute approximate surface area is 204 Å². The van der Waals surface area contributed by atoms with Crippen molar-refractivity contribution in [3.05, 3.63) is 54.9 Å². The van der Waals surface area contributed by atoms with E-state index >= 15 is 0 Å². The van der Waals surface area contributed by atoms with Gasteiger partial charge in [0, 0.05) is 37.6 Å². The molecule has 0 spiro atoms. The van der Waals surface area contributed by atoms with Crippen LogP contribution in [0.25, 0.3) is 21.7 Å². The molecule has 0 bridgehead atoms. The SMILES string of the molecule is CC(C)(C)OC(=O)N1CCN(c2nc(-c3ccccc3)c(-c3ccncc3)s2)C(=O)C(C)(C)C1. The van der Waals surface area contributed by atoms with Crippen LogP contribution < -0.4 is 4.90 Å². The minimum absolute atomic E-state index is 0.0619. The molecule has 0 radical (unpaired) electrons. The number of ether oxygens (including phenoxy) is 1. The van der Waals surface area contributed by atoms with E-state index in [1.165, 1.54) is 11.3 Å². The van der Waals surface area contributed by atoms with Gasteiger partial charge in [0.2, 0.25) is 5.91 Å². The maximum absolute atomic E-state index is 13.6. The van der Waals surface area contributed by atoms with Crippen molar-refractivity contribution in [1.29, 1.82) is 0 Å². The third kappa shape index (κ3) is 5.12. The predicted molar refractivity (Wildman–Crippen MR) is 135 cm³/mol.